The summed E-state index contributed by atoms with van der Waals surface area (Å²) in [7, 11) is -3.71. The van der Waals surface area contributed by atoms with Crippen LogP contribution in [0.3, 0.4) is 0 Å². The van der Waals surface area contributed by atoms with E-state index in [1.54, 1.807) is 0 Å². The Morgan fingerprint density at radius 1 is 1.05 bits per heavy atom. The highest BCUT2D eigenvalue weighted by Gasteiger charge is 2.16. The van der Waals surface area contributed by atoms with E-state index in [0.717, 1.165) is 16.7 Å². The Morgan fingerprint density at radius 3 is 2.15 bits per heavy atom. The van der Waals surface area contributed by atoms with Crippen molar-refractivity contribution >= 4 is 15.7 Å². The van der Waals surface area contributed by atoms with E-state index in [4.69, 9.17) is 0 Å². The monoisotopic (exact) mass is 292 g/mol. The van der Waals surface area contributed by atoms with Crippen LogP contribution in [0.4, 0.5) is 5.69 Å². The van der Waals surface area contributed by atoms with E-state index in [1.165, 1.54) is 18.3 Å². The molecule has 0 unspecified atom stereocenters. The molecular weight excluding hydrogens is 276 g/mol. The first-order valence-corrected chi connectivity index (χ1v) is 7.57. The Kier molecular flexibility index (Phi) is 3.67. The van der Waals surface area contributed by atoms with Gasteiger partial charge in [0.25, 0.3) is 10.0 Å². The van der Waals surface area contributed by atoms with Gasteiger partial charge in [-0.1, -0.05) is 17.7 Å². The van der Waals surface area contributed by atoms with Gasteiger partial charge in [0.05, 0.1) is 5.69 Å². The molecule has 0 amide bonds. The van der Waals surface area contributed by atoms with Crippen molar-refractivity contribution in [1.29, 1.82) is 0 Å². The summed E-state index contributed by atoms with van der Waals surface area (Å²) in [4.78, 5) is 13.4. The first kappa shape index (κ1) is 14.3. The standard InChI is InChI=1S/C14H16N2O3S/c1-9-6-10(2)14(11(3)7-9)16-20(18,19)12-4-5-13(17)15-8-12/h4-8,16H,1-3H3,(H,15,17). The molecule has 0 saturated carbocycles. The van der Waals surface area contributed by atoms with Crippen LogP contribution in [-0.4, -0.2) is 13.4 Å². The number of hydrogen-bond donors (Lipinski definition) is 2. The van der Waals surface area contributed by atoms with Gasteiger partial charge >= 0.3 is 0 Å². The number of anilines is 1. The zero-order valence-electron chi connectivity index (χ0n) is 11.5. The van der Waals surface area contributed by atoms with Crippen molar-refractivity contribution in [3.05, 3.63) is 57.5 Å². The van der Waals surface area contributed by atoms with Crippen LogP contribution in [0.15, 0.2) is 40.2 Å². The molecule has 0 spiro atoms. The second kappa shape index (κ2) is 5.13. The third-order valence-corrected chi connectivity index (χ3v) is 4.33. The van der Waals surface area contributed by atoms with Crippen LogP contribution in [0.1, 0.15) is 16.7 Å². The minimum Gasteiger partial charge on any atom is -0.328 e. The topological polar surface area (TPSA) is 79.0 Å². The number of pyridine rings is 1. The van der Waals surface area contributed by atoms with E-state index in [1.807, 2.05) is 32.9 Å². The average Bonchev–Trinajstić information content (AvgIpc) is 2.34. The fourth-order valence-electron chi connectivity index (χ4n) is 2.10. The minimum atomic E-state index is -3.71. The zero-order valence-corrected chi connectivity index (χ0v) is 12.3. The molecule has 2 N–H and O–H groups in total. The van der Waals surface area contributed by atoms with E-state index in [0.29, 0.717) is 5.69 Å². The summed E-state index contributed by atoms with van der Waals surface area (Å²) in [6, 6.07) is 6.29. The number of aromatic nitrogens is 1. The van der Waals surface area contributed by atoms with Crippen molar-refractivity contribution in [3.63, 3.8) is 0 Å². The predicted molar refractivity (Wildman–Crippen MR) is 78.5 cm³/mol. The van der Waals surface area contributed by atoms with Crippen molar-refractivity contribution in [3.8, 4) is 0 Å². The summed E-state index contributed by atoms with van der Waals surface area (Å²) in [6.07, 6.45) is 1.18. The highest BCUT2D eigenvalue weighted by atomic mass is 32.2. The molecule has 106 valence electrons. The molecule has 6 heteroatoms. The van der Waals surface area contributed by atoms with Crippen molar-refractivity contribution in [1.82, 2.24) is 4.98 Å². The fraction of sp³-hybridized carbons (Fsp3) is 0.214. The Bertz CT molecular complexity index is 764. The lowest BCUT2D eigenvalue weighted by Crippen LogP contribution is -2.16. The summed E-state index contributed by atoms with van der Waals surface area (Å²) in [5.41, 5.74) is 3.02. The number of aromatic amines is 1. The number of rotatable bonds is 3. The lowest BCUT2D eigenvalue weighted by atomic mass is 10.1. The van der Waals surface area contributed by atoms with Crippen molar-refractivity contribution in [2.75, 3.05) is 4.72 Å². The number of aryl methyl sites for hydroxylation is 3. The molecule has 0 fully saturated rings. The van der Waals surface area contributed by atoms with Crippen molar-refractivity contribution in [2.24, 2.45) is 0 Å². The molecule has 1 aromatic carbocycles. The minimum absolute atomic E-state index is 0.0245. The number of hydrogen-bond acceptors (Lipinski definition) is 3. The van der Waals surface area contributed by atoms with Gasteiger partial charge < -0.3 is 4.98 Å². The fourth-order valence-corrected chi connectivity index (χ4v) is 3.27. The average molecular weight is 292 g/mol. The molecule has 2 rings (SSSR count). The van der Waals surface area contributed by atoms with Gasteiger partial charge in [0.2, 0.25) is 5.56 Å². The molecule has 1 aromatic heterocycles. The maximum absolute atomic E-state index is 12.3. The molecule has 0 atom stereocenters. The molecule has 5 nitrogen and oxygen atoms in total. The first-order valence-electron chi connectivity index (χ1n) is 6.09. The number of nitrogens with one attached hydrogen (secondary N) is 2. The summed E-state index contributed by atoms with van der Waals surface area (Å²) >= 11 is 0. The quantitative estimate of drug-likeness (QED) is 0.909. The molecule has 1 heterocycles. The van der Waals surface area contributed by atoms with Gasteiger partial charge in [0.15, 0.2) is 0 Å². The predicted octanol–water partition coefficient (Wildman–Crippen LogP) is 2.10. The van der Waals surface area contributed by atoms with Gasteiger partial charge in [-0.05, 0) is 38.0 Å². The third-order valence-electron chi connectivity index (χ3n) is 2.98. The molecule has 0 saturated heterocycles. The summed E-state index contributed by atoms with van der Waals surface area (Å²) < 4.78 is 27.1. The molecule has 0 aliphatic carbocycles. The Balaban J connectivity index is 2.43. The lowest BCUT2D eigenvalue weighted by molar-refractivity contribution is 0.600. The van der Waals surface area contributed by atoms with Crippen LogP contribution >= 0.6 is 0 Å². The SMILES string of the molecule is Cc1cc(C)c(NS(=O)(=O)c2ccc(=O)[nH]c2)c(C)c1. The van der Waals surface area contributed by atoms with Crippen LogP contribution in [0.2, 0.25) is 0 Å². The van der Waals surface area contributed by atoms with E-state index in [-0.39, 0.29) is 10.5 Å². The van der Waals surface area contributed by atoms with Gasteiger partial charge in [0, 0.05) is 12.3 Å². The second-order valence-electron chi connectivity index (χ2n) is 4.77. The Labute approximate surface area is 117 Å². The Hall–Kier alpha value is -2.08. The van der Waals surface area contributed by atoms with Gasteiger partial charge in [-0.15, -0.1) is 0 Å². The summed E-state index contributed by atoms with van der Waals surface area (Å²) in [6.45, 7) is 5.66. The summed E-state index contributed by atoms with van der Waals surface area (Å²) in [5.74, 6) is 0. The molecule has 0 aliphatic heterocycles. The van der Waals surface area contributed by atoms with Crippen LogP contribution in [0.25, 0.3) is 0 Å². The van der Waals surface area contributed by atoms with Crippen molar-refractivity contribution in [2.45, 2.75) is 25.7 Å². The largest absolute Gasteiger partial charge is 0.328 e. The number of H-pyrrole nitrogens is 1. The van der Waals surface area contributed by atoms with E-state index >= 15 is 0 Å². The normalized spacial score (nSPS) is 11.3. The van der Waals surface area contributed by atoms with Gasteiger partial charge in [-0.3, -0.25) is 9.52 Å². The number of benzene rings is 1. The zero-order chi connectivity index (χ0) is 14.9. The van der Waals surface area contributed by atoms with Crippen LogP contribution in [-0.2, 0) is 10.0 Å². The molecule has 0 aliphatic rings. The number of sulfonamides is 1. The molecule has 0 radical (unpaired) electrons. The van der Waals surface area contributed by atoms with Gasteiger partial charge in [-0.2, -0.15) is 0 Å². The lowest BCUT2D eigenvalue weighted by Gasteiger charge is -2.14. The summed E-state index contributed by atoms with van der Waals surface area (Å²) in [5, 5.41) is 0. The van der Waals surface area contributed by atoms with E-state index < -0.39 is 10.0 Å². The van der Waals surface area contributed by atoms with Crippen LogP contribution in [0.5, 0.6) is 0 Å². The highest BCUT2D eigenvalue weighted by Crippen LogP contribution is 2.24. The molecular formula is C14H16N2O3S. The molecule has 20 heavy (non-hydrogen) atoms. The van der Waals surface area contributed by atoms with Gasteiger partial charge in [0.1, 0.15) is 4.90 Å². The molecule has 2 aromatic rings. The van der Waals surface area contributed by atoms with E-state index in [2.05, 4.69) is 9.71 Å². The smallest absolute Gasteiger partial charge is 0.263 e. The van der Waals surface area contributed by atoms with Gasteiger partial charge in [-0.25, -0.2) is 8.42 Å². The van der Waals surface area contributed by atoms with E-state index in [9.17, 15) is 13.2 Å². The highest BCUT2D eigenvalue weighted by molar-refractivity contribution is 7.92. The second-order valence-corrected chi connectivity index (χ2v) is 6.45. The maximum atomic E-state index is 12.3. The van der Waals surface area contributed by atoms with Crippen LogP contribution in [0, 0.1) is 20.8 Å². The van der Waals surface area contributed by atoms with Crippen molar-refractivity contribution < 1.29 is 8.42 Å². The first-order chi connectivity index (χ1) is 9.29. The molecule has 0 bridgehead atoms. The maximum Gasteiger partial charge on any atom is 0.263 e. The Morgan fingerprint density at radius 2 is 1.65 bits per heavy atom. The third kappa shape index (κ3) is 2.91. The van der Waals surface area contributed by atoms with Crippen LogP contribution < -0.4 is 10.3 Å².